The van der Waals surface area contributed by atoms with Gasteiger partial charge in [-0.25, -0.2) is 4.79 Å². The molecular formula is C17H13N3O3. The Kier molecular flexibility index (Phi) is 2.84. The van der Waals surface area contributed by atoms with Gasteiger partial charge < -0.3 is 19.7 Å². The lowest BCUT2D eigenvalue weighted by molar-refractivity contribution is 0.621. The van der Waals surface area contributed by atoms with Gasteiger partial charge in [0.2, 0.25) is 0 Å². The van der Waals surface area contributed by atoms with Crippen LogP contribution < -0.4 is 16.4 Å². The number of aromatic nitrogens is 2. The highest BCUT2D eigenvalue weighted by Gasteiger charge is 2.11. The van der Waals surface area contributed by atoms with Crippen molar-refractivity contribution < 1.29 is 4.42 Å². The second kappa shape index (κ2) is 4.88. The molecule has 6 nitrogen and oxygen atoms in total. The predicted molar refractivity (Wildman–Crippen MR) is 89.9 cm³/mol. The van der Waals surface area contributed by atoms with Crippen molar-refractivity contribution in [2.75, 3.05) is 12.4 Å². The molecule has 0 fully saturated rings. The molecule has 114 valence electrons. The van der Waals surface area contributed by atoms with E-state index in [1.807, 2.05) is 31.3 Å². The van der Waals surface area contributed by atoms with Crippen LogP contribution in [-0.2, 0) is 0 Å². The average molecular weight is 307 g/mol. The lowest BCUT2D eigenvalue weighted by Gasteiger charge is -2.05. The molecule has 0 aliphatic carbocycles. The molecule has 2 aromatic carbocycles. The van der Waals surface area contributed by atoms with Crippen LogP contribution in [0.2, 0.25) is 0 Å². The van der Waals surface area contributed by atoms with Gasteiger partial charge in [-0.05, 0) is 36.4 Å². The third kappa shape index (κ3) is 2.12. The number of anilines is 1. The Morgan fingerprint density at radius 3 is 2.52 bits per heavy atom. The molecule has 0 saturated heterocycles. The first kappa shape index (κ1) is 13.4. The normalized spacial score (nSPS) is 11.2. The molecule has 4 aromatic rings. The smallest absolute Gasteiger partial charge is 0.323 e. The SMILES string of the molecule is CNc1ccc(-c2cc(=O)c3ccc4[nH]c(=O)[nH]c4c3o2)cc1. The van der Waals surface area contributed by atoms with Gasteiger partial charge in [0.15, 0.2) is 11.0 Å². The van der Waals surface area contributed by atoms with Gasteiger partial charge in [-0.3, -0.25) is 4.79 Å². The molecule has 0 radical (unpaired) electrons. The van der Waals surface area contributed by atoms with E-state index in [9.17, 15) is 9.59 Å². The highest BCUT2D eigenvalue weighted by molar-refractivity contribution is 6.00. The maximum Gasteiger partial charge on any atom is 0.323 e. The first-order chi connectivity index (χ1) is 11.2. The summed E-state index contributed by atoms with van der Waals surface area (Å²) in [5.41, 5.74) is 2.75. The third-order valence-corrected chi connectivity index (χ3v) is 3.84. The highest BCUT2D eigenvalue weighted by Crippen LogP contribution is 2.26. The number of fused-ring (bicyclic) bond motifs is 3. The number of hydrogen-bond acceptors (Lipinski definition) is 4. The van der Waals surface area contributed by atoms with Crippen LogP contribution in [0.25, 0.3) is 33.3 Å². The van der Waals surface area contributed by atoms with E-state index in [1.165, 1.54) is 6.07 Å². The Labute approximate surface area is 129 Å². The first-order valence-electron chi connectivity index (χ1n) is 7.13. The number of benzene rings is 2. The number of imidazole rings is 1. The maximum absolute atomic E-state index is 12.4. The third-order valence-electron chi connectivity index (χ3n) is 3.84. The first-order valence-corrected chi connectivity index (χ1v) is 7.13. The van der Waals surface area contributed by atoms with E-state index in [2.05, 4.69) is 15.3 Å². The minimum absolute atomic E-state index is 0.150. The fraction of sp³-hybridized carbons (Fsp3) is 0.0588. The molecule has 0 atom stereocenters. The van der Waals surface area contributed by atoms with E-state index >= 15 is 0 Å². The maximum atomic E-state index is 12.4. The van der Waals surface area contributed by atoms with Gasteiger partial charge in [-0.15, -0.1) is 0 Å². The van der Waals surface area contributed by atoms with Crippen molar-refractivity contribution in [2.45, 2.75) is 0 Å². The summed E-state index contributed by atoms with van der Waals surface area (Å²) in [6, 6.07) is 12.4. The summed E-state index contributed by atoms with van der Waals surface area (Å²) in [5, 5.41) is 3.47. The van der Waals surface area contributed by atoms with E-state index in [0.29, 0.717) is 27.8 Å². The van der Waals surface area contributed by atoms with Gasteiger partial charge in [-0.1, -0.05) is 0 Å². The Hall–Kier alpha value is -3.28. The molecule has 2 heterocycles. The number of H-pyrrole nitrogens is 2. The van der Waals surface area contributed by atoms with Crippen molar-refractivity contribution in [2.24, 2.45) is 0 Å². The molecule has 0 bridgehead atoms. The summed E-state index contributed by atoms with van der Waals surface area (Å²) in [6.07, 6.45) is 0. The van der Waals surface area contributed by atoms with E-state index in [4.69, 9.17) is 4.42 Å². The summed E-state index contributed by atoms with van der Waals surface area (Å²) < 4.78 is 5.92. The van der Waals surface area contributed by atoms with Crippen molar-refractivity contribution >= 4 is 27.7 Å². The van der Waals surface area contributed by atoms with Crippen LogP contribution in [0, 0.1) is 0 Å². The van der Waals surface area contributed by atoms with Crippen LogP contribution in [0.3, 0.4) is 0 Å². The van der Waals surface area contributed by atoms with E-state index in [-0.39, 0.29) is 11.1 Å². The minimum atomic E-state index is -0.334. The predicted octanol–water partition coefficient (Wildman–Crippen LogP) is 2.67. The molecule has 0 aliphatic heterocycles. The standard InChI is InChI=1S/C17H13N3O3/c1-18-10-4-2-9(3-5-10)14-8-13(21)11-6-7-12-15(16(11)23-14)20-17(22)19-12/h2-8,18H,1H3,(H2,19,20,22). The van der Waals surface area contributed by atoms with Crippen LogP contribution in [0.15, 0.2) is 56.5 Å². The van der Waals surface area contributed by atoms with Gasteiger partial charge in [-0.2, -0.15) is 0 Å². The Morgan fingerprint density at radius 1 is 1.00 bits per heavy atom. The molecule has 6 heteroatoms. The fourth-order valence-corrected chi connectivity index (χ4v) is 2.66. The lowest BCUT2D eigenvalue weighted by atomic mass is 10.1. The fourth-order valence-electron chi connectivity index (χ4n) is 2.66. The molecular weight excluding hydrogens is 294 g/mol. The number of hydrogen-bond donors (Lipinski definition) is 3. The Bertz CT molecular complexity index is 1130. The van der Waals surface area contributed by atoms with Crippen molar-refractivity contribution in [3.8, 4) is 11.3 Å². The number of rotatable bonds is 2. The van der Waals surface area contributed by atoms with Crippen molar-refractivity contribution in [3.05, 3.63) is 63.2 Å². The molecule has 0 spiro atoms. The zero-order valence-electron chi connectivity index (χ0n) is 12.3. The largest absolute Gasteiger partial charge is 0.454 e. The quantitative estimate of drug-likeness (QED) is 0.531. The van der Waals surface area contributed by atoms with Crippen molar-refractivity contribution in [1.29, 1.82) is 0 Å². The monoisotopic (exact) mass is 307 g/mol. The zero-order chi connectivity index (χ0) is 16.0. The van der Waals surface area contributed by atoms with Crippen LogP contribution in [-0.4, -0.2) is 17.0 Å². The van der Waals surface area contributed by atoms with Crippen LogP contribution in [0.1, 0.15) is 0 Å². The summed E-state index contributed by atoms with van der Waals surface area (Å²) in [6.45, 7) is 0. The molecule has 4 rings (SSSR count). The van der Waals surface area contributed by atoms with Crippen LogP contribution in [0.4, 0.5) is 5.69 Å². The van der Waals surface area contributed by atoms with Gasteiger partial charge in [0, 0.05) is 24.4 Å². The summed E-state index contributed by atoms with van der Waals surface area (Å²) in [5.74, 6) is 0.458. The van der Waals surface area contributed by atoms with Gasteiger partial charge in [0.05, 0.1) is 10.9 Å². The molecule has 0 aliphatic rings. The number of nitrogens with one attached hydrogen (secondary N) is 3. The topological polar surface area (TPSA) is 90.9 Å². The molecule has 0 amide bonds. The van der Waals surface area contributed by atoms with Gasteiger partial charge >= 0.3 is 5.69 Å². The van der Waals surface area contributed by atoms with E-state index < -0.39 is 0 Å². The lowest BCUT2D eigenvalue weighted by Crippen LogP contribution is -2.01. The summed E-state index contributed by atoms with van der Waals surface area (Å²) >= 11 is 0. The molecule has 23 heavy (non-hydrogen) atoms. The zero-order valence-corrected chi connectivity index (χ0v) is 12.3. The number of aromatic amines is 2. The van der Waals surface area contributed by atoms with E-state index in [1.54, 1.807) is 12.1 Å². The Balaban J connectivity index is 2.02. The average Bonchev–Trinajstić information content (AvgIpc) is 2.95. The summed E-state index contributed by atoms with van der Waals surface area (Å²) in [4.78, 5) is 29.2. The second-order valence-corrected chi connectivity index (χ2v) is 5.25. The van der Waals surface area contributed by atoms with Crippen molar-refractivity contribution in [1.82, 2.24) is 9.97 Å². The van der Waals surface area contributed by atoms with Gasteiger partial charge in [0.1, 0.15) is 11.3 Å². The Morgan fingerprint density at radius 2 is 1.78 bits per heavy atom. The van der Waals surface area contributed by atoms with Crippen molar-refractivity contribution in [3.63, 3.8) is 0 Å². The van der Waals surface area contributed by atoms with Crippen LogP contribution >= 0.6 is 0 Å². The van der Waals surface area contributed by atoms with Gasteiger partial charge in [0.25, 0.3) is 0 Å². The van der Waals surface area contributed by atoms with E-state index in [0.717, 1.165) is 11.3 Å². The molecule has 3 N–H and O–H groups in total. The summed E-state index contributed by atoms with van der Waals surface area (Å²) in [7, 11) is 1.84. The molecule has 2 aromatic heterocycles. The highest BCUT2D eigenvalue weighted by atomic mass is 16.3. The van der Waals surface area contributed by atoms with Crippen LogP contribution in [0.5, 0.6) is 0 Å². The second-order valence-electron chi connectivity index (χ2n) is 5.25. The molecule has 0 saturated carbocycles. The minimum Gasteiger partial charge on any atom is -0.454 e. The molecule has 0 unspecified atom stereocenters.